The maximum atomic E-state index is 13.3. The second-order valence-electron chi connectivity index (χ2n) is 8.91. The van der Waals surface area contributed by atoms with Crippen molar-refractivity contribution in [3.63, 3.8) is 0 Å². The molecule has 2 aliphatic rings. The van der Waals surface area contributed by atoms with Crippen LogP contribution in [0, 0.1) is 11.7 Å². The molecule has 0 radical (unpaired) electrons. The Balaban J connectivity index is 1.52. The van der Waals surface area contributed by atoms with Crippen LogP contribution >= 0.6 is 11.6 Å². The van der Waals surface area contributed by atoms with E-state index < -0.39 is 11.9 Å². The minimum Gasteiger partial charge on any atom is -0.410 e. The molecule has 2 amide bonds. The lowest BCUT2D eigenvalue weighted by atomic mass is 9.86. The highest BCUT2D eigenvalue weighted by Crippen LogP contribution is 2.35. The summed E-state index contributed by atoms with van der Waals surface area (Å²) in [6.07, 6.45) is 1.73. The van der Waals surface area contributed by atoms with Crippen LogP contribution < -0.4 is 4.74 Å². The van der Waals surface area contributed by atoms with Crippen LogP contribution in [0.2, 0.25) is 5.02 Å². The Morgan fingerprint density at radius 3 is 2.30 bits per heavy atom. The fourth-order valence-electron chi connectivity index (χ4n) is 4.79. The zero-order valence-corrected chi connectivity index (χ0v) is 19.2. The fourth-order valence-corrected chi connectivity index (χ4v) is 4.91. The van der Waals surface area contributed by atoms with E-state index in [1.165, 1.54) is 29.2 Å². The number of halogens is 2. The Morgan fingerprint density at radius 1 is 1.03 bits per heavy atom. The fraction of sp³-hybridized carbons (Fsp3) is 0.440. The molecule has 0 bridgehead atoms. The number of carbonyl (C=O) groups excluding carboxylic acids is 2. The zero-order valence-electron chi connectivity index (χ0n) is 18.5. The van der Waals surface area contributed by atoms with E-state index in [0.717, 1.165) is 5.56 Å². The number of aliphatic hydroxyl groups is 1. The normalized spacial score (nSPS) is 25.0. The van der Waals surface area contributed by atoms with Crippen LogP contribution in [0.25, 0.3) is 0 Å². The largest absolute Gasteiger partial charge is 0.415 e. The van der Waals surface area contributed by atoms with Gasteiger partial charge in [-0.25, -0.2) is 9.18 Å². The van der Waals surface area contributed by atoms with Crippen molar-refractivity contribution in [1.82, 2.24) is 9.80 Å². The summed E-state index contributed by atoms with van der Waals surface area (Å²) >= 11 is 6.07. The number of likely N-dealkylation sites (N-methyl/N-ethyl adjacent to an activating group) is 1. The summed E-state index contributed by atoms with van der Waals surface area (Å²) in [7, 11) is 1.66. The summed E-state index contributed by atoms with van der Waals surface area (Å²) in [6, 6.07) is 12.4. The van der Waals surface area contributed by atoms with E-state index in [-0.39, 0.29) is 35.6 Å². The van der Waals surface area contributed by atoms with E-state index in [2.05, 4.69) is 0 Å². The van der Waals surface area contributed by atoms with Crippen molar-refractivity contribution in [1.29, 1.82) is 0 Å². The van der Waals surface area contributed by atoms with Gasteiger partial charge in [-0.3, -0.25) is 4.79 Å². The van der Waals surface area contributed by atoms with Crippen LogP contribution in [0.3, 0.4) is 0 Å². The van der Waals surface area contributed by atoms with Gasteiger partial charge in [0.05, 0.1) is 12.1 Å². The van der Waals surface area contributed by atoms with Gasteiger partial charge in [-0.15, -0.1) is 0 Å². The van der Waals surface area contributed by atoms with Crippen molar-refractivity contribution < 1.29 is 23.8 Å². The molecule has 1 aliphatic carbocycles. The van der Waals surface area contributed by atoms with E-state index >= 15 is 0 Å². The molecular formula is C25H28ClFN2O4. The van der Waals surface area contributed by atoms with Gasteiger partial charge in [-0.2, -0.15) is 0 Å². The number of hydrogen-bond acceptors (Lipinski definition) is 4. The average molecular weight is 475 g/mol. The molecule has 0 aromatic heterocycles. The first kappa shape index (κ1) is 23.5. The Morgan fingerprint density at radius 2 is 1.67 bits per heavy atom. The number of nitrogens with zero attached hydrogens (tertiary/aromatic N) is 2. The minimum absolute atomic E-state index is 0.0728. The lowest BCUT2D eigenvalue weighted by Gasteiger charge is -2.29. The number of carbonyl (C=O) groups is 2. The molecule has 0 spiro atoms. The summed E-state index contributed by atoms with van der Waals surface area (Å²) < 4.78 is 18.6. The minimum atomic E-state index is -0.569. The monoisotopic (exact) mass is 474 g/mol. The SMILES string of the molecule is CN(C(=O)Oc1ccc(F)cc1)[C@@H]1CN(C(=O)[C@H]2CC[C@H](O)CC2)C[C@H]1c1ccc(Cl)cc1. The van der Waals surface area contributed by atoms with Crippen molar-refractivity contribution in [2.75, 3.05) is 20.1 Å². The topological polar surface area (TPSA) is 70.1 Å². The summed E-state index contributed by atoms with van der Waals surface area (Å²) in [5, 5.41) is 10.4. The Hall–Kier alpha value is -2.64. The van der Waals surface area contributed by atoms with Gasteiger partial charge in [0, 0.05) is 37.0 Å². The summed E-state index contributed by atoms with van der Waals surface area (Å²) in [6.45, 7) is 0.874. The maximum absolute atomic E-state index is 13.3. The third-order valence-corrected chi connectivity index (χ3v) is 7.00. The molecule has 2 atom stereocenters. The third-order valence-electron chi connectivity index (χ3n) is 6.75. The van der Waals surface area contributed by atoms with Gasteiger partial charge in [0.15, 0.2) is 0 Å². The van der Waals surface area contributed by atoms with Crippen LogP contribution in [0.4, 0.5) is 9.18 Å². The van der Waals surface area contributed by atoms with Gasteiger partial charge in [-0.05, 0) is 67.6 Å². The number of aliphatic hydroxyl groups excluding tert-OH is 1. The smallest absolute Gasteiger partial charge is 0.410 e. The highest BCUT2D eigenvalue weighted by atomic mass is 35.5. The number of amides is 2. The van der Waals surface area contributed by atoms with Crippen molar-refractivity contribution >= 4 is 23.6 Å². The van der Waals surface area contributed by atoms with Crippen LogP contribution in [-0.2, 0) is 4.79 Å². The van der Waals surface area contributed by atoms with E-state index in [1.54, 1.807) is 19.2 Å². The molecule has 2 aromatic carbocycles. The predicted octanol–water partition coefficient (Wildman–Crippen LogP) is 4.46. The lowest BCUT2D eigenvalue weighted by molar-refractivity contribution is -0.136. The number of rotatable bonds is 4. The molecule has 2 fully saturated rings. The van der Waals surface area contributed by atoms with E-state index in [1.807, 2.05) is 17.0 Å². The van der Waals surface area contributed by atoms with Crippen molar-refractivity contribution in [2.45, 2.75) is 43.7 Å². The van der Waals surface area contributed by atoms with Crippen molar-refractivity contribution in [3.8, 4) is 5.75 Å². The quantitative estimate of drug-likeness (QED) is 0.710. The lowest BCUT2D eigenvalue weighted by Crippen LogP contribution is -2.44. The second-order valence-corrected chi connectivity index (χ2v) is 9.34. The molecule has 6 nitrogen and oxygen atoms in total. The summed E-state index contributed by atoms with van der Waals surface area (Å²) in [5.41, 5.74) is 0.986. The number of likely N-dealkylation sites (tertiary alicyclic amines) is 1. The molecule has 1 saturated heterocycles. The Kier molecular flexibility index (Phi) is 7.20. The highest BCUT2D eigenvalue weighted by Gasteiger charge is 2.42. The van der Waals surface area contributed by atoms with Gasteiger partial charge in [0.25, 0.3) is 0 Å². The maximum Gasteiger partial charge on any atom is 0.415 e. The molecule has 1 aliphatic heterocycles. The van der Waals surface area contributed by atoms with Crippen LogP contribution in [0.1, 0.15) is 37.2 Å². The van der Waals surface area contributed by atoms with E-state index in [0.29, 0.717) is 43.8 Å². The third kappa shape index (κ3) is 5.47. The standard InChI is InChI=1S/C25H28ClFN2O4/c1-28(25(32)33-21-12-8-19(27)9-13-21)23-15-29(24(31)17-4-10-20(30)11-5-17)14-22(23)16-2-6-18(26)7-3-16/h2-3,6-9,12-13,17,20,22-23,30H,4-5,10-11,14-15H2,1H3/t17-,20-,22-,23+/m0/s1. The Labute approximate surface area is 197 Å². The van der Waals surface area contributed by atoms with Crippen molar-refractivity contribution in [3.05, 3.63) is 64.9 Å². The molecule has 8 heteroatoms. The summed E-state index contributed by atoms with van der Waals surface area (Å²) in [5.74, 6) is -0.293. The zero-order chi connectivity index (χ0) is 23.5. The van der Waals surface area contributed by atoms with E-state index in [9.17, 15) is 19.1 Å². The van der Waals surface area contributed by atoms with Gasteiger partial charge in [0.2, 0.25) is 5.91 Å². The van der Waals surface area contributed by atoms with Gasteiger partial charge < -0.3 is 19.6 Å². The number of benzene rings is 2. The highest BCUT2D eigenvalue weighted by molar-refractivity contribution is 6.30. The second kappa shape index (κ2) is 10.1. The van der Waals surface area contributed by atoms with E-state index in [4.69, 9.17) is 16.3 Å². The first-order valence-corrected chi connectivity index (χ1v) is 11.6. The molecule has 0 unspecified atom stereocenters. The molecular weight excluding hydrogens is 447 g/mol. The summed E-state index contributed by atoms with van der Waals surface area (Å²) in [4.78, 5) is 29.5. The molecule has 4 rings (SSSR count). The van der Waals surface area contributed by atoms with Gasteiger partial charge in [0.1, 0.15) is 11.6 Å². The molecule has 2 aromatic rings. The predicted molar refractivity (Wildman–Crippen MR) is 123 cm³/mol. The first-order chi connectivity index (χ1) is 15.8. The molecule has 1 saturated carbocycles. The molecule has 1 N–H and O–H groups in total. The Bertz CT molecular complexity index is 977. The average Bonchev–Trinajstić information content (AvgIpc) is 3.26. The van der Waals surface area contributed by atoms with Gasteiger partial charge in [-0.1, -0.05) is 23.7 Å². The van der Waals surface area contributed by atoms with Crippen LogP contribution in [0.5, 0.6) is 5.75 Å². The number of hydrogen-bond donors (Lipinski definition) is 1. The van der Waals surface area contributed by atoms with Crippen LogP contribution in [0.15, 0.2) is 48.5 Å². The first-order valence-electron chi connectivity index (χ1n) is 11.2. The molecule has 33 heavy (non-hydrogen) atoms. The number of ether oxygens (including phenoxy) is 1. The van der Waals surface area contributed by atoms with Crippen LogP contribution in [-0.4, -0.2) is 59.2 Å². The van der Waals surface area contributed by atoms with Gasteiger partial charge >= 0.3 is 6.09 Å². The molecule has 176 valence electrons. The van der Waals surface area contributed by atoms with Crippen molar-refractivity contribution in [2.24, 2.45) is 5.92 Å². The molecule has 1 heterocycles.